The maximum absolute atomic E-state index is 12.4. The van der Waals surface area contributed by atoms with Gasteiger partial charge in [0.25, 0.3) is 0 Å². The van der Waals surface area contributed by atoms with E-state index in [-0.39, 0.29) is 23.9 Å². The minimum Gasteiger partial charge on any atom is -0.331 e. The molecule has 0 fully saturated rings. The maximum atomic E-state index is 12.4. The largest absolute Gasteiger partial charge is 0.331 e. The van der Waals surface area contributed by atoms with Crippen LogP contribution in [-0.2, 0) is 11.2 Å². The van der Waals surface area contributed by atoms with Crippen molar-refractivity contribution in [3.05, 3.63) is 59.2 Å². The Hall–Kier alpha value is -2.82. The van der Waals surface area contributed by atoms with Crippen LogP contribution in [-0.4, -0.2) is 11.9 Å². The molecular formula is C22H29N3O2. The molecule has 2 aromatic carbocycles. The number of carbonyl (C=O) groups excluding carboxylic acids is 2. The molecule has 1 atom stereocenters. The zero-order valence-electron chi connectivity index (χ0n) is 16.7. The van der Waals surface area contributed by atoms with Crippen molar-refractivity contribution in [1.82, 2.24) is 5.32 Å². The van der Waals surface area contributed by atoms with Gasteiger partial charge in [-0.2, -0.15) is 0 Å². The molecule has 0 heterocycles. The number of anilines is 2. The van der Waals surface area contributed by atoms with Crippen LogP contribution in [0.25, 0.3) is 0 Å². The fourth-order valence-corrected chi connectivity index (χ4v) is 2.60. The molecule has 0 bridgehead atoms. The third-order valence-electron chi connectivity index (χ3n) is 4.51. The average molecular weight is 367 g/mol. The van der Waals surface area contributed by atoms with Crippen LogP contribution in [0.1, 0.15) is 50.4 Å². The third kappa shape index (κ3) is 5.84. The molecule has 2 aromatic rings. The first-order chi connectivity index (χ1) is 12.8. The van der Waals surface area contributed by atoms with Crippen LogP contribution in [0.4, 0.5) is 16.2 Å². The first-order valence-corrected chi connectivity index (χ1v) is 9.38. The predicted molar refractivity (Wildman–Crippen MR) is 111 cm³/mol. The van der Waals surface area contributed by atoms with Crippen molar-refractivity contribution >= 4 is 23.3 Å². The van der Waals surface area contributed by atoms with Crippen molar-refractivity contribution in [2.75, 3.05) is 10.6 Å². The molecule has 0 saturated heterocycles. The lowest BCUT2D eigenvalue weighted by molar-refractivity contribution is -0.118. The zero-order chi connectivity index (χ0) is 20.0. The van der Waals surface area contributed by atoms with E-state index in [0.717, 1.165) is 17.5 Å². The topological polar surface area (TPSA) is 70.2 Å². The summed E-state index contributed by atoms with van der Waals surface area (Å²) in [7, 11) is 0. The van der Waals surface area contributed by atoms with Crippen molar-refractivity contribution in [3.63, 3.8) is 0 Å². The Morgan fingerprint density at radius 2 is 1.63 bits per heavy atom. The molecule has 0 aromatic heterocycles. The monoisotopic (exact) mass is 367 g/mol. The summed E-state index contributed by atoms with van der Waals surface area (Å²) in [5.41, 5.74) is 4.58. The first-order valence-electron chi connectivity index (χ1n) is 9.38. The number of benzene rings is 2. The highest BCUT2D eigenvalue weighted by molar-refractivity contribution is 5.94. The zero-order valence-corrected chi connectivity index (χ0v) is 16.7. The fraction of sp³-hybridized carbons (Fsp3) is 0.364. The second kappa shape index (κ2) is 9.21. The van der Waals surface area contributed by atoms with Gasteiger partial charge in [0.05, 0.1) is 6.04 Å². The quantitative estimate of drug-likeness (QED) is 0.670. The molecule has 1 unspecified atom stereocenters. The lowest BCUT2D eigenvalue weighted by Gasteiger charge is -2.17. The van der Waals surface area contributed by atoms with E-state index >= 15 is 0 Å². The molecule has 0 spiro atoms. The molecule has 0 aliphatic carbocycles. The van der Waals surface area contributed by atoms with Gasteiger partial charge in [-0.15, -0.1) is 0 Å². The molecular weight excluding hydrogens is 338 g/mol. The molecule has 0 saturated carbocycles. The molecule has 27 heavy (non-hydrogen) atoms. The van der Waals surface area contributed by atoms with Crippen LogP contribution < -0.4 is 16.0 Å². The Labute approximate surface area is 161 Å². The van der Waals surface area contributed by atoms with Crippen molar-refractivity contribution in [3.8, 4) is 0 Å². The summed E-state index contributed by atoms with van der Waals surface area (Å²) in [6, 6.07) is 13.3. The molecule has 144 valence electrons. The number of urea groups is 1. The smallest absolute Gasteiger partial charge is 0.319 e. The Balaban J connectivity index is 2.02. The van der Waals surface area contributed by atoms with Gasteiger partial charge >= 0.3 is 6.03 Å². The number of aryl methyl sites for hydroxylation is 2. The van der Waals surface area contributed by atoms with Crippen LogP contribution >= 0.6 is 0 Å². The van der Waals surface area contributed by atoms with Crippen LogP contribution in [0.3, 0.4) is 0 Å². The van der Waals surface area contributed by atoms with E-state index < -0.39 is 0 Å². The van der Waals surface area contributed by atoms with Gasteiger partial charge in [-0.1, -0.05) is 51.1 Å². The summed E-state index contributed by atoms with van der Waals surface area (Å²) in [4.78, 5) is 24.3. The number of carbonyl (C=O) groups is 2. The fourth-order valence-electron chi connectivity index (χ4n) is 2.60. The summed E-state index contributed by atoms with van der Waals surface area (Å²) in [6.45, 7) is 9.66. The average Bonchev–Trinajstić information content (AvgIpc) is 2.64. The summed E-state index contributed by atoms with van der Waals surface area (Å²) in [5, 5.41) is 8.67. The van der Waals surface area contributed by atoms with Gasteiger partial charge in [0, 0.05) is 17.3 Å². The van der Waals surface area contributed by atoms with E-state index in [2.05, 4.69) is 35.0 Å². The summed E-state index contributed by atoms with van der Waals surface area (Å²) in [5.74, 6) is -0.163. The van der Waals surface area contributed by atoms with Crippen LogP contribution in [0, 0.1) is 12.8 Å². The highest BCUT2D eigenvalue weighted by Crippen LogP contribution is 2.21. The van der Waals surface area contributed by atoms with E-state index in [1.165, 1.54) is 5.56 Å². The molecule has 0 radical (unpaired) electrons. The minimum absolute atomic E-state index is 0.0570. The van der Waals surface area contributed by atoms with Gasteiger partial charge in [0.1, 0.15) is 0 Å². The summed E-state index contributed by atoms with van der Waals surface area (Å²) < 4.78 is 0. The second-order valence-corrected chi connectivity index (χ2v) is 7.09. The highest BCUT2D eigenvalue weighted by atomic mass is 16.2. The van der Waals surface area contributed by atoms with Crippen molar-refractivity contribution in [1.29, 1.82) is 0 Å². The lowest BCUT2D eigenvalue weighted by Crippen LogP contribution is -2.31. The predicted octanol–water partition coefficient (Wildman–Crippen LogP) is 5.03. The van der Waals surface area contributed by atoms with Gasteiger partial charge in [-0.3, -0.25) is 4.79 Å². The minimum atomic E-state index is -0.280. The highest BCUT2D eigenvalue weighted by Gasteiger charge is 2.12. The van der Waals surface area contributed by atoms with Crippen LogP contribution in [0.5, 0.6) is 0 Å². The normalized spacial score (nSPS) is 11.8. The Bertz CT molecular complexity index is 798. The Morgan fingerprint density at radius 1 is 0.963 bits per heavy atom. The second-order valence-electron chi connectivity index (χ2n) is 7.09. The molecule has 5 heteroatoms. The van der Waals surface area contributed by atoms with E-state index in [1.807, 2.05) is 52.0 Å². The standard InChI is InChI=1S/C22H29N3O2/c1-6-17-8-10-18(11-9-17)16(5)23-22(27)25-20-13-19(12-7-15(20)4)24-21(26)14(2)3/h7-14,16H,6H2,1-5H3,(H,24,26)(H2,23,25,27). The number of nitrogens with one attached hydrogen (secondary N) is 3. The van der Waals surface area contributed by atoms with Crippen molar-refractivity contribution < 1.29 is 9.59 Å². The van der Waals surface area contributed by atoms with Crippen LogP contribution in [0.15, 0.2) is 42.5 Å². The molecule has 5 nitrogen and oxygen atoms in total. The van der Waals surface area contributed by atoms with Gasteiger partial charge in [-0.05, 0) is 49.1 Å². The number of rotatable bonds is 6. The van der Waals surface area contributed by atoms with Crippen molar-refractivity contribution in [2.45, 2.75) is 47.1 Å². The van der Waals surface area contributed by atoms with E-state index in [9.17, 15) is 9.59 Å². The number of hydrogen-bond donors (Lipinski definition) is 3. The number of amides is 3. The maximum Gasteiger partial charge on any atom is 0.319 e. The Kier molecular flexibility index (Phi) is 6.99. The molecule has 0 aliphatic rings. The molecule has 3 N–H and O–H groups in total. The Morgan fingerprint density at radius 3 is 2.22 bits per heavy atom. The summed E-state index contributed by atoms with van der Waals surface area (Å²) in [6.07, 6.45) is 0.992. The lowest BCUT2D eigenvalue weighted by atomic mass is 10.1. The van der Waals surface area contributed by atoms with E-state index in [4.69, 9.17) is 0 Å². The third-order valence-corrected chi connectivity index (χ3v) is 4.51. The van der Waals surface area contributed by atoms with Gasteiger partial charge < -0.3 is 16.0 Å². The SMILES string of the molecule is CCc1ccc(C(C)NC(=O)Nc2cc(NC(=O)C(C)C)ccc2C)cc1. The van der Waals surface area contributed by atoms with Gasteiger partial charge in [-0.25, -0.2) is 4.79 Å². The van der Waals surface area contributed by atoms with Crippen molar-refractivity contribution in [2.24, 2.45) is 5.92 Å². The van der Waals surface area contributed by atoms with Crippen LogP contribution in [0.2, 0.25) is 0 Å². The molecule has 0 aliphatic heterocycles. The van der Waals surface area contributed by atoms with Gasteiger partial charge in [0.15, 0.2) is 0 Å². The molecule has 3 amide bonds. The summed E-state index contributed by atoms with van der Waals surface area (Å²) >= 11 is 0. The first kappa shape index (κ1) is 20.5. The van der Waals surface area contributed by atoms with E-state index in [1.54, 1.807) is 6.07 Å². The molecule has 2 rings (SSSR count). The number of hydrogen-bond acceptors (Lipinski definition) is 2. The van der Waals surface area contributed by atoms with E-state index in [0.29, 0.717) is 11.4 Å². The van der Waals surface area contributed by atoms with Gasteiger partial charge in [0.2, 0.25) is 5.91 Å².